The first-order chi connectivity index (χ1) is 13.2. The van der Waals surface area contributed by atoms with Crippen LogP contribution < -0.4 is 4.72 Å². The van der Waals surface area contributed by atoms with E-state index < -0.39 is 39.0 Å². The molecule has 0 aliphatic carbocycles. The van der Waals surface area contributed by atoms with Gasteiger partial charge in [0.1, 0.15) is 6.04 Å². The molecule has 1 N–H and O–H groups in total. The van der Waals surface area contributed by atoms with Crippen LogP contribution >= 0.6 is 12.6 Å². The molecule has 0 spiro atoms. The summed E-state index contributed by atoms with van der Waals surface area (Å²) in [5, 5.41) is -0.872. The van der Waals surface area contributed by atoms with E-state index in [0.717, 1.165) is 0 Å². The Balaban J connectivity index is 2.10. The first-order valence-electron chi connectivity index (χ1n) is 8.91. The molecule has 7 nitrogen and oxygen atoms in total. The van der Waals surface area contributed by atoms with Crippen LogP contribution in [0.1, 0.15) is 30.1 Å². The SMILES string of the molecule is C=CCS(=O)(=O)NC(=O)C1CCCN1C(=O)[C@H](C)[C@H](S)C(=O)c1ccccc1. The van der Waals surface area contributed by atoms with Crippen LogP contribution in [0.5, 0.6) is 0 Å². The third-order valence-electron chi connectivity index (χ3n) is 4.62. The number of carbonyl (C=O) groups excluding carboxylic acids is 3. The third kappa shape index (κ3) is 5.23. The summed E-state index contributed by atoms with van der Waals surface area (Å²) in [7, 11) is -3.83. The van der Waals surface area contributed by atoms with Gasteiger partial charge in [0.15, 0.2) is 5.78 Å². The van der Waals surface area contributed by atoms with Crippen LogP contribution in [0.3, 0.4) is 0 Å². The number of ketones is 1. The van der Waals surface area contributed by atoms with E-state index >= 15 is 0 Å². The summed E-state index contributed by atoms with van der Waals surface area (Å²) in [5.41, 5.74) is 0.452. The Kier molecular flexibility index (Phi) is 7.42. The van der Waals surface area contributed by atoms with E-state index in [4.69, 9.17) is 0 Å². The molecule has 1 fully saturated rings. The maximum absolute atomic E-state index is 12.9. The molecule has 1 saturated heterocycles. The lowest BCUT2D eigenvalue weighted by molar-refractivity contribution is -0.140. The molecule has 0 saturated carbocycles. The molecule has 0 radical (unpaired) electrons. The standard InChI is InChI=1S/C19H24N2O5S2/c1-3-12-28(25,26)20-18(23)15-10-7-11-21(15)19(24)13(2)17(27)16(22)14-8-5-4-6-9-14/h3-6,8-9,13,15,17,27H,1,7,10-12H2,2H3,(H,20,23)/t13-,15?,17+/m1/s1. The van der Waals surface area contributed by atoms with E-state index in [2.05, 4.69) is 19.2 Å². The van der Waals surface area contributed by atoms with Gasteiger partial charge in [0.05, 0.1) is 16.9 Å². The summed E-state index contributed by atoms with van der Waals surface area (Å²) in [6.45, 7) is 5.25. The second-order valence-corrected chi connectivity index (χ2v) is 9.01. The number of Topliss-reactive ketones (excluding diaryl/α,β-unsaturated/α-hetero) is 1. The van der Waals surface area contributed by atoms with Crippen molar-refractivity contribution >= 4 is 40.2 Å². The molecule has 9 heteroatoms. The first kappa shape index (κ1) is 22.2. The minimum Gasteiger partial charge on any atom is -0.330 e. The molecule has 1 aliphatic heterocycles. The van der Waals surface area contributed by atoms with Crippen molar-refractivity contribution in [2.75, 3.05) is 12.3 Å². The van der Waals surface area contributed by atoms with Crippen molar-refractivity contribution in [3.63, 3.8) is 0 Å². The van der Waals surface area contributed by atoms with E-state index in [1.807, 2.05) is 4.72 Å². The molecule has 0 aromatic heterocycles. The van der Waals surface area contributed by atoms with Gasteiger partial charge in [-0.05, 0) is 12.8 Å². The van der Waals surface area contributed by atoms with Gasteiger partial charge in [-0.1, -0.05) is 43.3 Å². The zero-order valence-corrected chi connectivity index (χ0v) is 17.3. The average molecular weight is 425 g/mol. The number of hydrogen-bond donors (Lipinski definition) is 2. The molecule has 1 aromatic carbocycles. The lowest BCUT2D eigenvalue weighted by atomic mass is 9.97. The van der Waals surface area contributed by atoms with Gasteiger partial charge in [0.2, 0.25) is 15.9 Å². The maximum Gasteiger partial charge on any atom is 0.256 e. The highest BCUT2D eigenvalue weighted by molar-refractivity contribution is 7.90. The highest BCUT2D eigenvalue weighted by atomic mass is 32.2. The van der Waals surface area contributed by atoms with Crippen LogP contribution in [-0.2, 0) is 19.6 Å². The Labute approximate surface area is 170 Å². The van der Waals surface area contributed by atoms with E-state index in [-0.39, 0.29) is 11.5 Å². The Bertz CT molecular complexity index is 854. The van der Waals surface area contributed by atoms with Crippen LogP contribution in [-0.4, -0.2) is 54.5 Å². The predicted octanol–water partition coefficient (Wildman–Crippen LogP) is 1.43. The van der Waals surface area contributed by atoms with Crippen molar-refractivity contribution < 1.29 is 22.8 Å². The summed E-state index contributed by atoms with van der Waals surface area (Å²) >= 11 is 4.34. The van der Waals surface area contributed by atoms with Gasteiger partial charge in [-0.25, -0.2) is 8.42 Å². The molecule has 152 valence electrons. The van der Waals surface area contributed by atoms with Gasteiger partial charge in [0.25, 0.3) is 5.91 Å². The van der Waals surface area contributed by atoms with Gasteiger partial charge >= 0.3 is 0 Å². The summed E-state index contributed by atoms with van der Waals surface area (Å²) in [5.74, 6) is -2.58. The Morgan fingerprint density at radius 3 is 2.57 bits per heavy atom. The Hall–Kier alpha value is -2.13. The monoisotopic (exact) mass is 424 g/mol. The number of benzene rings is 1. The number of amides is 2. The fourth-order valence-corrected chi connectivity index (χ4v) is 4.23. The smallest absolute Gasteiger partial charge is 0.256 e. The quantitative estimate of drug-likeness (QED) is 0.374. The zero-order valence-electron chi connectivity index (χ0n) is 15.6. The molecule has 3 atom stereocenters. The van der Waals surface area contributed by atoms with E-state index in [1.165, 1.54) is 11.0 Å². The molecule has 1 heterocycles. The van der Waals surface area contributed by atoms with Gasteiger partial charge in [-0.3, -0.25) is 19.1 Å². The second-order valence-electron chi connectivity index (χ2n) is 6.69. The second kappa shape index (κ2) is 9.38. The lowest BCUT2D eigenvalue weighted by Crippen LogP contribution is -2.50. The number of hydrogen-bond acceptors (Lipinski definition) is 6. The van der Waals surface area contributed by atoms with Crippen LogP contribution in [0, 0.1) is 5.92 Å². The zero-order chi connectivity index (χ0) is 20.9. The fraction of sp³-hybridized carbons (Fsp3) is 0.421. The molecule has 28 heavy (non-hydrogen) atoms. The summed E-state index contributed by atoms with van der Waals surface area (Å²) in [6, 6.07) is 7.66. The minimum absolute atomic E-state index is 0.279. The molecule has 1 aliphatic rings. The van der Waals surface area contributed by atoms with Gasteiger partial charge in [-0.15, -0.1) is 6.58 Å². The van der Waals surface area contributed by atoms with Gasteiger partial charge in [0, 0.05) is 12.1 Å². The third-order valence-corrected chi connectivity index (χ3v) is 6.49. The Morgan fingerprint density at radius 2 is 1.96 bits per heavy atom. The van der Waals surface area contributed by atoms with E-state index in [1.54, 1.807) is 37.3 Å². The van der Waals surface area contributed by atoms with Crippen LogP contribution in [0.15, 0.2) is 43.0 Å². The van der Waals surface area contributed by atoms with E-state index in [0.29, 0.717) is 24.9 Å². The molecule has 1 unspecified atom stereocenters. The number of nitrogens with zero attached hydrogens (tertiary/aromatic N) is 1. The molecular weight excluding hydrogens is 400 g/mol. The highest BCUT2D eigenvalue weighted by Gasteiger charge is 2.39. The van der Waals surface area contributed by atoms with Crippen molar-refractivity contribution in [1.29, 1.82) is 0 Å². The van der Waals surface area contributed by atoms with Crippen LogP contribution in [0.4, 0.5) is 0 Å². The number of thiol groups is 1. The number of carbonyl (C=O) groups is 3. The molecule has 1 aromatic rings. The average Bonchev–Trinajstić information content (AvgIpc) is 3.16. The van der Waals surface area contributed by atoms with E-state index in [9.17, 15) is 22.8 Å². The van der Waals surface area contributed by atoms with Crippen molar-refractivity contribution in [2.45, 2.75) is 31.1 Å². The summed E-state index contributed by atoms with van der Waals surface area (Å²) in [4.78, 5) is 39.2. The lowest BCUT2D eigenvalue weighted by Gasteiger charge is -2.28. The van der Waals surface area contributed by atoms with Gasteiger partial charge < -0.3 is 4.90 Å². The first-order valence-corrected chi connectivity index (χ1v) is 11.1. The fourth-order valence-electron chi connectivity index (χ4n) is 3.12. The maximum atomic E-state index is 12.9. The van der Waals surface area contributed by atoms with Gasteiger partial charge in [-0.2, -0.15) is 12.6 Å². The summed E-state index contributed by atoms with van der Waals surface area (Å²) < 4.78 is 25.6. The number of sulfonamides is 1. The Morgan fingerprint density at radius 1 is 1.32 bits per heavy atom. The van der Waals surface area contributed by atoms with Crippen molar-refractivity contribution in [3.8, 4) is 0 Å². The van der Waals surface area contributed by atoms with Crippen molar-refractivity contribution in [3.05, 3.63) is 48.6 Å². The minimum atomic E-state index is -3.83. The number of rotatable bonds is 8. The summed E-state index contributed by atoms with van der Waals surface area (Å²) in [6.07, 6.45) is 2.11. The van der Waals surface area contributed by atoms with Crippen molar-refractivity contribution in [2.24, 2.45) is 5.92 Å². The normalized spacial score (nSPS) is 18.9. The number of likely N-dealkylation sites (tertiary alicyclic amines) is 1. The molecule has 0 bridgehead atoms. The number of nitrogens with one attached hydrogen (secondary N) is 1. The predicted molar refractivity (Wildman–Crippen MR) is 110 cm³/mol. The molecule has 2 amide bonds. The largest absolute Gasteiger partial charge is 0.330 e. The topological polar surface area (TPSA) is 101 Å². The molecular formula is C19H24N2O5S2. The van der Waals surface area contributed by atoms with Crippen molar-refractivity contribution in [1.82, 2.24) is 9.62 Å². The van der Waals surface area contributed by atoms with Crippen LogP contribution in [0.2, 0.25) is 0 Å². The van der Waals surface area contributed by atoms with Crippen LogP contribution in [0.25, 0.3) is 0 Å². The molecule has 2 rings (SSSR count). The highest BCUT2D eigenvalue weighted by Crippen LogP contribution is 2.24.